The maximum Gasteiger partial charge on any atom is 0.349 e. The summed E-state index contributed by atoms with van der Waals surface area (Å²) in [5.74, 6) is -0.565. The minimum Gasteiger partial charge on any atom is -0.448 e. The van der Waals surface area contributed by atoms with Crippen LogP contribution in [0.2, 0.25) is 0 Å². The van der Waals surface area contributed by atoms with Crippen molar-refractivity contribution in [1.82, 2.24) is 5.32 Å². The van der Waals surface area contributed by atoms with Crippen molar-refractivity contribution in [2.45, 2.75) is 57.6 Å². The Balaban J connectivity index is 1.60. The Hall–Kier alpha value is -1.36. The lowest BCUT2D eigenvalue weighted by Crippen LogP contribution is -2.36. The standard InChI is InChI=1S/C15H19NO3S/c1-9(14(17)16-11-6-7-11)19-15(18)13-8-10-4-2-3-5-12(10)20-13/h8-9,11H,2-7H2,1H3,(H,16,17). The molecule has 0 spiro atoms. The highest BCUT2D eigenvalue weighted by Crippen LogP contribution is 2.30. The van der Waals surface area contributed by atoms with Crippen LogP contribution in [0.4, 0.5) is 0 Å². The molecule has 1 amide bonds. The van der Waals surface area contributed by atoms with Gasteiger partial charge in [-0.2, -0.15) is 0 Å². The van der Waals surface area contributed by atoms with Gasteiger partial charge in [0.1, 0.15) is 4.88 Å². The second kappa shape index (κ2) is 5.56. The first kappa shape index (κ1) is 13.6. The average molecular weight is 293 g/mol. The molecule has 1 aromatic rings. The summed E-state index contributed by atoms with van der Waals surface area (Å²) < 4.78 is 5.26. The van der Waals surface area contributed by atoms with Crippen molar-refractivity contribution in [2.75, 3.05) is 0 Å². The third-order valence-corrected chi connectivity index (χ3v) is 4.99. The lowest BCUT2D eigenvalue weighted by Gasteiger charge is -2.12. The number of hydrogen-bond acceptors (Lipinski definition) is 4. The minimum atomic E-state index is -0.720. The van der Waals surface area contributed by atoms with Crippen LogP contribution in [-0.2, 0) is 22.4 Å². The molecule has 0 bridgehead atoms. The molecule has 0 saturated heterocycles. The Morgan fingerprint density at radius 1 is 1.35 bits per heavy atom. The lowest BCUT2D eigenvalue weighted by molar-refractivity contribution is -0.129. The molecule has 1 N–H and O–H groups in total. The summed E-state index contributed by atoms with van der Waals surface area (Å²) >= 11 is 1.52. The van der Waals surface area contributed by atoms with Gasteiger partial charge in [0.05, 0.1) is 0 Å². The Labute approximate surface area is 122 Å². The van der Waals surface area contributed by atoms with Crippen LogP contribution in [-0.4, -0.2) is 24.0 Å². The first-order valence-corrected chi connectivity index (χ1v) is 8.08. The van der Waals surface area contributed by atoms with Gasteiger partial charge in [-0.05, 0) is 57.1 Å². The molecule has 1 fully saturated rings. The molecular formula is C15H19NO3S. The summed E-state index contributed by atoms with van der Waals surface area (Å²) in [6.07, 6.45) is 5.85. The molecule has 1 saturated carbocycles. The molecule has 1 atom stereocenters. The van der Waals surface area contributed by atoms with Crippen LogP contribution < -0.4 is 5.32 Å². The number of nitrogens with one attached hydrogen (secondary N) is 1. The third-order valence-electron chi connectivity index (χ3n) is 3.77. The maximum absolute atomic E-state index is 12.1. The Kier molecular flexibility index (Phi) is 3.78. The fourth-order valence-electron chi connectivity index (χ4n) is 2.41. The van der Waals surface area contributed by atoms with Gasteiger partial charge in [0.15, 0.2) is 6.10 Å². The number of amides is 1. The highest BCUT2D eigenvalue weighted by Gasteiger charge is 2.28. The zero-order valence-electron chi connectivity index (χ0n) is 11.6. The van der Waals surface area contributed by atoms with Gasteiger partial charge in [0, 0.05) is 10.9 Å². The van der Waals surface area contributed by atoms with E-state index in [2.05, 4.69) is 5.32 Å². The number of aryl methyl sites for hydroxylation is 2. The maximum atomic E-state index is 12.1. The van der Waals surface area contributed by atoms with Crippen molar-refractivity contribution in [3.63, 3.8) is 0 Å². The van der Waals surface area contributed by atoms with Crippen molar-refractivity contribution < 1.29 is 14.3 Å². The van der Waals surface area contributed by atoms with Gasteiger partial charge in [0.2, 0.25) is 0 Å². The van der Waals surface area contributed by atoms with E-state index in [1.165, 1.54) is 34.6 Å². The molecule has 1 heterocycles. The van der Waals surface area contributed by atoms with Gasteiger partial charge in [-0.15, -0.1) is 11.3 Å². The molecule has 0 aliphatic heterocycles. The quantitative estimate of drug-likeness (QED) is 0.868. The van der Waals surface area contributed by atoms with Gasteiger partial charge in [-0.1, -0.05) is 0 Å². The first-order chi connectivity index (χ1) is 9.63. The second-order valence-corrected chi connectivity index (χ2v) is 6.73. The van der Waals surface area contributed by atoms with Crippen molar-refractivity contribution in [2.24, 2.45) is 0 Å². The number of fused-ring (bicyclic) bond motifs is 1. The molecule has 1 unspecified atom stereocenters. The number of carbonyl (C=O) groups is 2. The summed E-state index contributed by atoms with van der Waals surface area (Å²) in [5, 5.41) is 2.85. The van der Waals surface area contributed by atoms with Crippen LogP contribution >= 0.6 is 11.3 Å². The smallest absolute Gasteiger partial charge is 0.349 e. The van der Waals surface area contributed by atoms with E-state index in [-0.39, 0.29) is 17.9 Å². The molecule has 2 aliphatic carbocycles. The highest BCUT2D eigenvalue weighted by molar-refractivity contribution is 7.14. The van der Waals surface area contributed by atoms with Crippen molar-refractivity contribution in [3.8, 4) is 0 Å². The summed E-state index contributed by atoms with van der Waals surface area (Å²) in [6.45, 7) is 1.63. The fraction of sp³-hybridized carbons (Fsp3) is 0.600. The summed E-state index contributed by atoms with van der Waals surface area (Å²) in [4.78, 5) is 25.8. The van der Waals surface area contributed by atoms with E-state index < -0.39 is 6.10 Å². The van der Waals surface area contributed by atoms with Crippen LogP contribution in [0.25, 0.3) is 0 Å². The predicted octanol–water partition coefficient (Wildman–Crippen LogP) is 2.45. The zero-order chi connectivity index (χ0) is 14.1. The SMILES string of the molecule is CC(OC(=O)c1cc2c(s1)CCCC2)C(=O)NC1CC1. The Morgan fingerprint density at radius 2 is 2.10 bits per heavy atom. The summed E-state index contributed by atoms with van der Waals surface area (Å²) in [5.41, 5.74) is 1.28. The number of thiophene rings is 1. The number of rotatable bonds is 4. The van der Waals surface area contributed by atoms with Crippen molar-refractivity contribution in [3.05, 3.63) is 21.4 Å². The molecule has 4 nitrogen and oxygen atoms in total. The van der Waals surface area contributed by atoms with E-state index in [0.717, 1.165) is 25.7 Å². The topological polar surface area (TPSA) is 55.4 Å². The summed E-state index contributed by atoms with van der Waals surface area (Å²) in [7, 11) is 0. The fourth-order valence-corrected chi connectivity index (χ4v) is 3.55. The van der Waals surface area contributed by atoms with Crippen LogP contribution in [0.3, 0.4) is 0 Å². The van der Waals surface area contributed by atoms with Gasteiger partial charge in [-0.25, -0.2) is 4.79 Å². The predicted molar refractivity (Wildman–Crippen MR) is 77.0 cm³/mol. The molecule has 3 rings (SSSR count). The zero-order valence-corrected chi connectivity index (χ0v) is 12.4. The van der Waals surface area contributed by atoms with E-state index in [1.54, 1.807) is 6.92 Å². The van der Waals surface area contributed by atoms with Gasteiger partial charge in [0.25, 0.3) is 5.91 Å². The van der Waals surface area contributed by atoms with Crippen LogP contribution in [0.5, 0.6) is 0 Å². The molecule has 1 aromatic heterocycles. The van der Waals surface area contributed by atoms with Crippen LogP contribution in [0.15, 0.2) is 6.07 Å². The Bertz CT molecular complexity index is 510. The third kappa shape index (κ3) is 3.03. The molecule has 2 aliphatic rings. The van der Waals surface area contributed by atoms with E-state index in [1.807, 2.05) is 6.07 Å². The van der Waals surface area contributed by atoms with E-state index in [4.69, 9.17) is 4.74 Å². The van der Waals surface area contributed by atoms with Crippen molar-refractivity contribution in [1.29, 1.82) is 0 Å². The van der Waals surface area contributed by atoms with Gasteiger partial charge >= 0.3 is 5.97 Å². The first-order valence-electron chi connectivity index (χ1n) is 7.26. The Morgan fingerprint density at radius 3 is 2.80 bits per heavy atom. The monoisotopic (exact) mass is 293 g/mol. The largest absolute Gasteiger partial charge is 0.448 e. The van der Waals surface area contributed by atoms with E-state index in [0.29, 0.717) is 4.88 Å². The number of ether oxygens (including phenoxy) is 1. The molecule has 0 aromatic carbocycles. The molecular weight excluding hydrogens is 274 g/mol. The average Bonchev–Trinajstić information content (AvgIpc) is 3.13. The second-order valence-electron chi connectivity index (χ2n) is 5.60. The summed E-state index contributed by atoms with van der Waals surface area (Å²) in [6, 6.07) is 2.23. The van der Waals surface area contributed by atoms with E-state index >= 15 is 0 Å². The molecule has 5 heteroatoms. The van der Waals surface area contributed by atoms with Crippen molar-refractivity contribution >= 4 is 23.2 Å². The minimum absolute atomic E-state index is 0.192. The molecule has 0 radical (unpaired) electrons. The molecule has 108 valence electrons. The number of hydrogen-bond donors (Lipinski definition) is 1. The lowest BCUT2D eigenvalue weighted by atomic mass is 9.99. The van der Waals surface area contributed by atoms with Crippen LogP contribution in [0, 0.1) is 0 Å². The number of carbonyl (C=O) groups excluding carboxylic acids is 2. The highest BCUT2D eigenvalue weighted by atomic mass is 32.1. The molecule has 20 heavy (non-hydrogen) atoms. The van der Waals surface area contributed by atoms with Crippen LogP contribution in [0.1, 0.15) is 52.7 Å². The van der Waals surface area contributed by atoms with Gasteiger partial charge in [-0.3, -0.25) is 4.79 Å². The van der Waals surface area contributed by atoms with Gasteiger partial charge < -0.3 is 10.1 Å². The number of esters is 1. The van der Waals surface area contributed by atoms with E-state index in [9.17, 15) is 9.59 Å². The normalized spacial score (nSPS) is 19.1.